The van der Waals surface area contributed by atoms with Crippen molar-refractivity contribution in [3.05, 3.63) is 24.0 Å². The number of hydrogen-bond donors (Lipinski definition) is 0. The number of carbonyl (C=O) groups is 1. The standard InChI is InChI=1S/C17H26O2/c1-13(2)12-14-8-10-15(11-9-14)17(18)19-16-6-4-3-5-7-16/h4,6-7,13-15H,3,5,8-12H2,1-2H3. The fourth-order valence-corrected chi connectivity index (χ4v) is 3.17. The Balaban J connectivity index is 1.76. The summed E-state index contributed by atoms with van der Waals surface area (Å²) in [6.07, 6.45) is 13.7. The second-order valence-electron chi connectivity index (χ2n) is 6.35. The Bertz CT molecular complexity index is 357. The molecule has 0 aromatic rings. The average Bonchev–Trinajstić information content (AvgIpc) is 2.40. The lowest BCUT2D eigenvalue weighted by atomic mass is 9.78. The van der Waals surface area contributed by atoms with Crippen LogP contribution >= 0.6 is 0 Å². The molecule has 0 aromatic heterocycles. The van der Waals surface area contributed by atoms with Crippen LogP contribution in [0.5, 0.6) is 0 Å². The zero-order valence-electron chi connectivity index (χ0n) is 12.2. The molecule has 1 fully saturated rings. The van der Waals surface area contributed by atoms with E-state index in [1.165, 1.54) is 19.3 Å². The molecule has 106 valence electrons. The Morgan fingerprint density at radius 2 is 2.00 bits per heavy atom. The van der Waals surface area contributed by atoms with Gasteiger partial charge in [0.25, 0.3) is 0 Å². The Morgan fingerprint density at radius 3 is 2.58 bits per heavy atom. The number of ether oxygens (including phenoxy) is 1. The van der Waals surface area contributed by atoms with Crippen molar-refractivity contribution >= 4 is 5.97 Å². The van der Waals surface area contributed by atoms with Crippen molar-refractivity contribution in [1.29, 1.82) is 0 Å². The summed E-state index contributed by atoms with van der Waals surface area (Å²) in [5.41, 5.74) is 0. The van der Waals surface area contributed by atoms with Crippen LogP contribution in [0.3, 0.4) is 0 Å². The highest BCUT2D eigenvalue weighted by atomic mass is 16.5. The first-order chi connectivity index (χ1) is 9.15. The van der Waals surface area contributed by atoms with E-state index < -0.39 is 0 Å². The smallest absolute Gasteiger partial charge is 0.314 e. The zero-order valence-corrected chi connectivity index (χ0v) is 12.2. The third-order valence-electron chi connectivity index (χ3n) is 4.16. The van der Waals surface area contributed by atoms with E-state index in [9.17, 15) is 4.79 Å². The van der Waals surface area contributed by atoms with Gasteiger partial charge in [-0.1, -0.05) is 19.9 Å². The fourth-order valence-electron chi connectivity index (χ4n) is 3.17. The first-order valence-electron chi connectivity index (χ1n) is 7.73. The molecule has 0 bridgehead atoms. The fraction of sp³-hybridized carbons (Fsp3) is 0.706. The van der Waals surface area contributed by atoms with Gasteiger partial charge in [-0.3, -0.25) is 4.79 Å². The summed E-state index contributed by atoms with van der Waals surface area (Å²) in [5.74, 6) is 2.45. The first kappa shape index (κ1) is 14.4. The van der Waals surface area contributed by atoms with Crippen molar-refractivity contribution in [2.45, 2.75) is 58.8 Å². The normalized spacial score (nSPS) is 27.2. The number of hydrogen-bond acceptors (Lipinski definition) is 2. The number of carbonyl (C=O) groups excluding carboxylic acids is 1. The molecule has 0 aliphatic heterocycles. The maximum absolute atomic E-state index is 12.1. The van der Waals surface area contributed by atoms with Crippen LogP contribution in [0, 0.1) is 17.8 Å². The van der Waals surface area contributed by atoms with E-state index >= 15 is 0 Å². The molecular formula is C17H26O2. The Kier molecular flexibility index (Phi) is 5.24. The van der Waals surface area contributed by atoms with Crippen LogP contribution in [0.4, 0.5) is 0 Å². The van der Waals surface area contributed by atoms with Gasteiger partial charge < -0.3 is 4.74 Å². The molecule has 0 heterocycles. The van der Waals surface area contributed by atoms with Gasteiger partial charge in [-0.25, -0.2) is 0 Å². The van der Waals surface area contributed by atoms with Crippen molar-refractivity contribution in [3.8, 4) is 0 Å². The summed E-state index contributed by atoms with van der Waals surface area (Å²) in [7, 11) is 0. The molecule has 2 rings (SSSR count). The minimum atomic E-state index is -0.0132. The third kappa shape index (κ3) is 4.52. The molecule has 0 unspecified atom stereocenters. The summed E-state index contributed by atoms with van der Waals surface area (Å²) >= 11 is 0. The summed E-state index contributed by atoms with van der Waals surface area (Å²) in [6.45, 7) is 4.56. The Labute approximate surface area is 116 Å². The topological polar surface area (TPSA) is 26.3 Å². The second-order valence-corrected chi connectivity index (χ2v) is 6.35. The van der Waals surface area contributed by atoms with Gasteiger partial charge in [0.1, 0.15) is 5.76 Å². The average molecular weight is 262 g/mol. The maximum Gasteiger partial charge on any atom is 0.314 e. The van der Waals surface area contributed by atoms with E-state index in [0.29, 0.717) is 0 Å². The lowest BCUT2D eigenvalue weighted by molar-refractivity contribution is -0.145. The highest BCUT2D eigenvalue weighted by Gasteiger charge is 2.28. The van der Waals surface area contributed by atoms with E-state index in [2.05, 4.69) is 19.9 Å². The van der Waals surface area contributed by atoms with Crippen molar-refractivity contribution < 1.29 is 9.53 Å². The highest BCUT2D eigenvalue weighted by Crippen LogP contribution is 2.33. The second kappa shape index (κ2) is 6.93. The molecule has 2 heteroatoms. The number of allylic oxidation sites excluding steroid dienone is 3. The first-order valence-corrected chi connectivity index (χ1v) is 7.73. The van der Waals surface area contributed by atoms with Gasteiger partial charge in [0.05, 0.1) is 5.92 Å². The number of esters is 1. The molecule has 19 heavy (non-hydrogen) atoms. The van der Waals surface area contributed by atoms with Crippen LogP contribution in [0.2, 0.25) is 0 Å². The van der Waals surface area contributed by atoms with Gasteiger partial charge in [0.15, 0.2) is 0 Å². The summed E-state index contributed by atoms with van der Waals surface area (Å²) in [6, 6.07) is 0. The van der Waals surface area contributed by atoms with E-state index in [1.807, 2.05) is 12.2 Å². The lowest BCUT2D eigenvalue weighted by Crippen LogP contribution is -2.24. The highest BCUT2D eigenvalue weighted by molar-refractivity contribution is 5.74. The SMILES string of the molecule is CC(C)CC1CCC(C(=O)OC2=CCCC=C2)CC1. The van der Waals surface area contributed by atoms with E-state index in [4.69, 9.17) is 4.74 Å². The van der Waals surface area contributed by atoms with Crippen LogP contribution in [-0.4, -0.2) is 5.97 Å². The molecule has 2 nitrogen and oxygen atoms in total. The van der Waals surface area contributed by atoms with Gasteiger partial charge in [0.2, 0.25) is 0 Å². The van der Waals surface area contributed by atoms with Crippen molar-refractivity contribution in [2.75, 3.05) is 0 Å². The number of rotatable bonds is 4. The van der Waals surface area contributed by atoms with E-state index in [-0.39, 0.29) is 11.9 Å². The molecule has 0 spiro atoms. The maximum atomic E-state index is 12.1. The molecule has 1 saturated carbocycles. The quantitative estimate of drug-likeness (QED) is 0.691. The van der Waals surface area contributed by atoms with E-state index in [1.54, 1.807) is 0 Å². The Hall–Kier alpha value is -1.05. The van der Waals surface area contributed by atoms with Gasteiger partial charge in [0, 0.05) is 0 Å². The van der Waals surface area contributed by atoms with Crippen molar-refractivity contribution in [1.82, 2.24) is 0 Å². The summed E-state index contributed by atoms with van der Waals surface area (Å²) < 4.78 is 5.48. The van der Waals surface area contributed by atoms with Gasteiger partial charge in [-0.05, 0) is 68.9 Å². The summed E-state index contributed by atoms with van der Waals surface area (Å²) in [5, 5.41) is 0. The molecule has 0 saturated heterocycles. The molecule has 2 aliphatic carbocycles. The van der Waals surface area contributed by atoms with Gasteiger partial charge in [-0.2, -0.15) is 0 Å². The molecular weight excluding hydrogens is 236 g/mol. The van der Waals surface area contributed by atoms with Crippen LogP contribution in [0.25, 0.3) is 0 Å². The molecule has 0 radical (unpaired) electrons. The van der Waals surface area contributed by atoms with Crippen LogP contribution < -0.4 is 0 Å². The van der Waals surface area contributed by atoms with Crippen molar-refractivity contribution in [2.24, 2.45) is 17.8 Å². The predicted molar refractivity (Wildman–Crippen MR) is 77.5 cm³/mol. The molecule has 2 aliphatic rings. The van der Waals surface area contributed by atoms with Crippen LogP contribution in [-0.2, 0) is 9.53 Å². The zero-order chi connectivity index (χ0) is 13.7. The molecule has 0 aromatic carbocycles. The minimum Gasteiger partial charge on any atom is -0.427 e. The van der Waals surface area contributed by atoms with Gasteiger partial charge in [-0.15, -0.1) is 0 Å². The molecule has 0 amide bonds. The molecule has 0 N–H and O–H groups in total. The largest absolute Gasteiger partial charge is 0.427 e. The third-order valence-corrected chi connectivity index (χ3v) is 4.16. The van der Waals surface area contributed by atoms with Crippen LogP contribution in [0.15, 0.2) is 24.0 Å². The van der Waals surface area contributed by atoms with E-state index in [0.717, 1.165) is 43.3 Å². The Morgan fingerprint density at radius 1 is 1.26 bits per heavy atom. The minimum absolute atomic E-state index is 0.0132. The monoisotopic (exact) mass is 262 g/mol. The summed E-state index contributed by atoms with van der Waals surface area (Å²) in [4.78, 5) is 12.1. The predicted octanol–water partition coefficient (Wildman–Crippen LogP) is 4.62. The van der Waals surface area contributed by atoms with Crippen LogP contribution in [0.1, 0.15) is 58.8 Å². The lowest BCUT2D eigenvalue weighted by Gasteiger charge is -2.28. The molecule has 0 atom stereocenters. The van der Waals surface area contributed by atoms with Crippen molar-refractivity contribution in [3.63, 3.8) is 0 Å². The van der Waals surface area contributed by atoms with Gasteiger partial charge >= 0.3 is 5.97 Å².